The third-order valence-electron chi connectivity index (χ3n) is 2.70. The van der Waals surface area contributed by atoms with Gasteiger partial charge in [0.2, 0.25) is 0 Å². The van der Waals surface area contributed by atoms with E-state index in [1.165, 1.54) is 0 Å². The third-order valence-corrected chi connectivity index (χ3v) is 3.23. The van der Waals surface area contributed by atoms with E-state index in [0.29, 0.717) is 6.42 Å². The molecule has 0 spiro atoms. The normalized spacial score (nSPS) is 10.2. The summed E-state index contributed by atoms with van der Waals surface area (Å²) in [7, 11) is 0. The van der Waals surface area contributed by atoms with Crippen molar-refractivity contribution in [1.82, 2.24) is 0 Å². The average molecular weight is 289 g/mol. The summed E-state index contributed by atoms with van der Waals surface area (Å²) in [5.74, 6) is 0.184. The monoisotopic (exact) mass is 288 g/mol. The largest absolute Gasteiger partial charge is 0.294 e. The quantitative estimate of drug-likeness (QED) is 0.748. The van der Waals surface area contributed by atoms with E-state index in [2.05, 4.69) is 15.9 Å². The van der Waals surface area contributed by atoms with Gasteiger partial charge in [-0.25, -0.2) is 0 Å². The van der Waals surface area contributed by atoms with E-state index in [1.54, 1.807) is 0 Å². The number of ketones is 1. The molecule has 0 heterocycles. The Balaban J connectivity index is 2.51. The summed E-state index contributed by atoms with van der Waals surface area (Å²) >= 11 is 3.41. The van der Waals surface area contributed by atoms with Gasteiger partial charge in [-0.05, 0) is 23.3 Å². The van der Waals surface area contributed by atoms with Crippen molar-refractivity contribution in [2.45, 2.75) is 13.3 Å². The maximum absolute atomic E-state index is 11.9. The van der Waals surface area contributed by atoms with E-state index in [9.17, 15) is 4.79 Å². The lowest BCUT2D eigenvalue weighted by molar-refractivity contribution is 0.0989. The van der Waals surface area contributed by atoms with Crippen LogP contribution < -0.4 is 0 Å². The van der Waals surface area contributed by atoms with Gasteiger partial charge >= 0.3 is 0 Å². The maximum Gasteiger partial charge on any atom is 0.163 e. The molecule has 0 aliphatic carbocycles. The molecule has 2 aromatic rings. The first-order chi connectivity index (χ1) is 8.22. The van der Waals surface area contributed by atoms with Gasteiger partial charge in [0.25, 0.3) is 0 Å². The predicted octanol–water partition coefficient (Wildman–Crippen LogP) is 4.71. The molecule has 0 radical (unpaired) electrons. The standard InChI is InChI=1S/C15H13BrO/c1-2-15(17)14-6-4-3-5-13(14)11-7-9-12(16)10-8-11/h3-10H,2H2,1H3. The van der Waals surface area contributed by atoms with Crippen molar-refractivity contribution in [2.75, 3.05) is 0 Å². The van der Waals surface area contributed by atoms with Gasteiger partial charge in [-0.15, -0.1) is 0 Å². The number of Topliss-reactive ketones (excluding diaryl/α,β-unsaturated/α-hetero) is 1. The molecule has 2 heteroatoms. The van der Waals surface area contributed by atoms with E-state index in [1.807, 2.05) is 55.5 Å². The van der Waals surface area contributed by atoms with E-state index < -0.39 is 0 Å². The number of benzene rings is 2. The summed E-state index contributed by atoms with van der Waals surface area (Å²) in [6, 6.07) is 15.8. The summed E-state index contributed by atoms with van der Waals surface area (Å²) in [6.45, 7) is 1.89. The molecule has 0 saturated heterocycles. The Labute approximate surface area is 110 Å². The molecule has 0 fully saturated rings. The second kappa shape index (κ2) is 5.28. The molecular formula is C15H13BrO. The minimum atomic E-state index is 0.184. The highest BCUT2D eigenvalue weighted by atomic mass is 79.9. The molecule has 0 N–H and O–H groups in total. The Kier molecular flexibility index (Phi) is 3.75. The van der Waals surface area contributed by atoms with Gasteiger partial charge in [0.15, 0.2) is 5.78 Å². The first kappa shape index (κ1) is 12.1. The first-order valence-electron chi connectivity index (χ1n) is 5.60. The van der Waals surface area contributed by atoms with Gasteiger partial charge in [0, 0.05) is 16.5 Å². The van der Waals surface area contributed by atoms with Crippen molar-refractivity contribution in [3.05, 3.63) is 58.6 Å². The van der Waals surface area contributed by atoms with Crippen LogP contribution in [-0.2, 0) is 0 Å². The number of carbonyl (C=O) groups is 1. The zero-order valence-electron chi connectivity index (χ0n) is 9.61. The second-order valence-electron chi connectivity index (χ2n) is 3.83. The van der Waals surface area contributed by atoms with Crippen LogP contribution in [0.5, 0.6) is 0 Å². The fourth-order valence-electron chi connectivity index (χ4n) is 1.80. The van der Waals surface area contributed by atoms with Gasteiger partial charge < -0.3 is 0 Å². The average Bonchev–Trinajstić information content (AvgIpc) is 2.39. The topological polar surface area (TPSA) is 17.1 Å². The van der Waals surface area contributed by atoms with E-state index in [-0.39, 0.29) is 5.78 Å². The minimum absolute atomic E-state index is 0.184. The van der Waals surface area contributed by atoms with Crippen molar-refractivity contribution < 1.29 is 4.79 Å². The zero-order chi connectivity index (χ0) is 12.3. The molecule has 0 aliphatic heterocycles. The molecule has 2 rings (SSSR count). The number of hydrogen-bond acceptors (Lipinski definition) is 1. The van der Waals surface area contributed by atoms with Crippen LogP contribution in [0.15, 0.2) is 53.0 Å². The Morgan fingerprint density at radius 1 is 1.06 bits per heavy atom. The van der Waals surface area contributed by atoms with Crippen LogP contribution in [0, 0.1) is 0 Å². The van der Waals surface area contributed by atoms with E-state index in [4.69, 9.17) is 0 Å². The summed E-state index contributed by atoms with van der Waals surface area (Å²) in [5, 5.41) is 0. The Morgan fingerprint density at radius 2 is 1.71 bits per heavy atom. The van der Waals surface area contributed by atoms with Crippen LogP contribution in [0.1, 0.15) is 23.7 Å². The fourth-order valence-corrected chi connectivity index (χ4v) is 2.06. The van der Waals surface area contributed by atoms with E-state index in [0.717, 1.165) is 21.2 Å². The molecule has 0 amide bonds. The van der Waals surface area contributed by atoms with Crippen LogP contribution >= 0.6 is 15.9 Å². The molecule has 0 saturated carbocycles. The van der Waals surface area contributed by atoms with Gasteiger partial charge in [0.05, 0.1) is 0 Å². The lowest BCUT2D eigenvalue weighted by atomic mass is 9.96. The number of carbonyl (C=O) groups excluding carboxylic acids is 1. The smallest absolute Gasteiger partial charge is 0.163 e. The highest BCUT2D eigenvalue weighted by Crippen LogP contribution is 2.26. The van der Waals surface area contributed by atoms with Gasteiger partial charge in [0.1, 0.15) is 0 Å². The maximum atomic E-state index is 11.9. The van der Waals surface area contributed by atoms with Crippen molar-refractivity contribution >= 4 is 21.7 Å². The van der Waals surface area contributed by atoms with Crippen molar-refractivity contribution in [3.8, 4) is 11.1 Å². The Morgan fingerprint density at radius 3 is 2.35 bits per heavy atom. The van der Waals surface area contributed by atoms with E-state index >= 15 is 0 Å². The number of halogens is 1. The van der Waals surface area contributed by atoms with Gasteiger partial charge in [-0.2, -0.15) is 0 Å². The molecule has 0 atom stereocenters. The summed E-state index contributed by atoms with van der Waals surface area (Å²) in [5.41, 5.74) is 2.88. The Bertz CT molecular complexity index is 529. The van der Waals surface area contributed by atoms with Crippen LogP contribution in [0.25, 0.3) is 11.1 Å². The highest BCUT2D eigenvalue weighted by Gasteiger charge is 2.09. The van der Waals surface area contributed by atoms with Crippen molar-refractivity contribution in [3.63, 3.8) is 0 Å². The number of hydrogen-bond donors (Lipinski definition) is 0. The van der Waals surface area contributed by atoms with Crippen LogP contribution in [0.3, 0.4) is 0 Å². The number of rotatable bonds is 3. The molecule has 2 aromatic carbocycles. The summed E-state index contributed by atoms with van der Waals surface area (Å²) in [6.07, 6.45) is 0.535. The third kappa shape index (κ3) is 2.64. The molecule has 0 unspecified atom stereocenters. The fraction of sp³-hybridized carbons (Fsp3) is 0.133. The van der Waals surface area contributed by atoms with Crippen LogP contribution in [-0.4, -0.2) is 5.78 Å². The summed E-state index contributed by atoms with van der Waals surface area (Å²) in [4.78, 5) is 11.9. The molecule has 0 aromatic heterocycles. The molecular weight excluding hydrogens is 276 g/mol. The first-order valence-corrected chi connectivity index (χ1v) is 6.40. The SMILES string of the molecule is CCC(=O)c1ccccc1-c1ccc(Br)cc1. The van der Waals surface area contributed by atoms with Crippen LogP contribution in [0.2, 0.25) is 0 Å². The highest BCUT2D eigenvalue weighted by molar-refractivity contribution is 9.10. The zero-order valence-corrected chi connectivity index (χ0v) is 11.2. The molecule has 0 bridgehead atoms. The molecule has 1 nitrogen and oxygen atoms in total. The molecule has 0 aliphatic rings. The predicted molar refractivity (Wildman–Crippen MR) is 74.2 cm³/mol. The van der Waals surface area contributed by atoms with Crippen molar-refractivity contribution in [2.24, 2.45) is 0 Å². The van der Waals surface area contributed by atoms with Crippen molar-refractivity contribution in [1.29, 1.82) is 0 Å². The van der Waals surface area contributed by atoms with Gasteiger partial charge in [-0.3, -0.25) is 4.79 Å². The van der Waals surface area contributed by atoms with Gasteiger partial charge in [-0.1, -0.05) is 59.3 Å². The lowest BCUT2D eigenvalue weighted by Gasteiger charge is -2.08. The summed E-state index contributed by atoms with van der Waals surface area (Å²) < 4.78 is 1.04. The molecule has 17 heavy (non-hydrogen) atoms. The lowest BCUT2D eigenvalue weighted by Crippen LogP contribution is -1.99. The minimum Gasteiger partial charge on any atom is -0.294 e. The van der Waals surface area contributed by atoms with Crippen LogP contribution in [0.4, 0.5) is 0 Å². The second-order valence-corrected chi connectivity index (χ2v) is 4.74. The molecule has 86 valence electrons. The Hall–Kier alpha value is -1.41.